The Morgan fingerprint density at radius 3 is 2.63 bits per heavy atom. The topological polar surface area (TPSA) is 71.9 Å². The molecule has 1 N–H and O–H groups in total. The number of piperidine rings is 1. The van der Waals surface area contributed by atoms with E-state index in [1.807, 2.05) is 24.3 Å². The van der Waals surface area contributed by atoms with E-state index in [0.717, 1.165) is 61.0 Å². The van der Waals surface area contributed by atoms with Crippen LogP contribution in [0.2, 0.25) is 0 Å². The molecule has 6 nitrogen and oxygen atoms in total. The van der Waals surface area contributed by atoms with Crippen LogP contribution < -0.4 is 4.74 Å². The molecule has 1 aromatic heterocycles. The Kier molecular flexibility index (Phi) is 7.02. The lowest BCUT2D eigenvalue weighted by molar-refractivity contribution is -0.150. The Morgan fingerprint density at radius 2 is 1.91 bits per heavy atom. The van der Waals surface area contributed by atoms with Gasteiger partial charge < -0.3 is 14.6 Å². The van der Waals surface area contributed by atoms with Gasteiger partial charge in [-0.1, -0.05) is 24.3 Å². The molecule has 3 unspecified atom stereocenters. The number of methoxy groups -OCH3 is 2. The predicted molar refractivity (Wildman–Crippen MR) is 135 cm³/mol. The Hall–Kier alpha value is -2.96. The molecular weight excluding hydrogens is 440 g/mol. The molecule has 2 aliphatic rings. The molecule has 1 fully saturated rings. The first kappa shape index (κ1) is 23.8. The van der Waals surface area contributed by atoms with E-state index >= 15 is 0 Å². The summed E-state index contributed by atoms with van der Waals surface area (Å²) in [6.07, 6.45) is 5.50. The van der Waals surface area contributed by atoms with Crippen LogP contribution in [0.1, 0.15) is 42.1 Å². The van der Waals surface area contributed by atoms with Crippen LogP contribution in [-0.4, -0.2) is 54.3 Å². The number of ether oxygens (including phenoxy) is 2. The highest BCUT2D eigenvalue weighted by atomic mass is 16.5. The Labute approximate surface area is 206 Å². The van der Waals surface area contributed by atoms with Crippen molar-refractivity contribution in [1.82, 2.24) is 9.88 Å². The van der Waals surface area contributed by atoms with Crippen LogP contribution in [0, 0.1) is 11.8 Å². The first-order valence-corrected chi connectivity index (χ1v) is 12.6. The maximum absolute atomic E-state index is 12.8. The van der Waals surface area contributed by atoms with Gasteiger partial charge in [-0.15, -0.1) is 0 Å². The van der Waals surface area contributed by atoms with Gasteiger partial charge in [-0.2, -0.15) is 0 Å². The molecule has 6 heteroatoms. The quantitative estimate of drug-likeness (QED) is 0.514. The van der Waals surface area contributed by atoms with E-state index in [1.54, 1.807) is 13.3 Å². The number of aromatic nitrogens is 1. The number of hydrogen-bond donors (Lipinski definition) is 1. The molecule has 0 saturated carbocycles. The average Bonchev–Trinajstić information content (AvgIpc) is 3.35. The molecule has 184 valence electrons. The van der Waals surface area contributed by atoms with Gasteiger partial charge in [0.15, 0.2) is 0 Å². The number of esters is 1. The van der Waals surface area contributed by atoms with Crippen molar-refractivity contribution in [1.29, 1.82) is 0 Å². The molecule has 2 aromatic carbocycles. The van der Waals surface area contributed by atoms with E-state index < -0.39 is 6.10 Å². The fourth-order valence-corrected chi connectivity index (χ4v) is 6.01. The predicted octanol–water partition coefficient (Wildman–Crippen LogP) is 4.34. The van der Waals surface area contributed by atoms with Gasteiger partial charge in [0.05, 0.1) is 31.8 Å². The summed E-state index contributed by atoms with van der Waals surface area (Å²) in [6, 6.07) is 16.7. The SMILES string of the molecule is COC(=O)C1CN(C2Cc3ccccc3C2)CCC1CCC(O)c1ccnc2ccc(OC)cc12. The van der Waals surface area contributed by atoms with Gasteiger partial charge >= 0.3 is 5.97 Å². The third-order valence-electron chi connectivity index (χ3n) is 7.99. The molecule has 1 saturated heterocycles. The summed E-state index contributed by atoms with van der Waals surface area (Å²) in [4.78, 5) is 19.7. The molecule has 1 aliphatic carbocycles. The number of fused-ring (bicyclic) bond motifs is 2. The molecule has 0 amide bonds. The molecule has 3 aromatic rings. The Bertz CT molecular complexity index is 1170. The summed E-state index contributed by atoms with van der Waals surface area (Å²) < 4.78 is 10.6. The van der Waals surface area contributed by atoms with Crippen molar-refractivity contribution in [2.24, 2.45) is 11.8 Å². The number of carbonyl (C=O) groups is 1. The van der Waals surface area contributed by atoms with Crippen LogP contribution in [0.3, 0.4) is 0 Å². The first-order valence-electron chi connectivity index (χ1n) is 12.6. The lowest BCUT2D eigenvalue weighted by Crippen LogP contribution is -2.49. The molecule has 1 aliphatic heterocycles. The minimum Gasteiger partial charge on any atom is -0.497 e. The summed E-state index contributed by atoms with van der Waals surface area (Å²) in [6.45, 7) is 1.70. The zero-order chi connectivity index (χ0) is 24.4. The van der Waals surface area contributed by atoms with Crippen LogP contribution in [0.15, 0.2) is 54.7 Å². The minimum atomic E-state index is -0.631. The molecular formula is C29H34N2O4. The van der Waals surface area contributed by atoms with Gasteiger partial charge in [-0.05, 0) is 85.5 Å². The van der Waals surface area contributed by atoms with E-state index in [4.69, 9.17) is 9.47 Å². The van der Waals surface area contributed by atoms with E-state index in [1.165, 1.54) is 18.2 Å². The van der Waals surface area contributed by atoms with E-state index in [9.17, 15) is 9.90 Å². The monoisotopic (exact) mass is 474 g/mol. The maximum Gasteiger partial charge on any atom is 0.310 e. The van der Waals surface area contributed by atoms with Crippen molar-refractivity contribution in [2.75, 3.05) is 27.3 Å². The Morgan fingerprint density at radius 1 is 1.14 bits per heavy atom. The van der Waals surface area contributed by atoms with Crippen LogP contribution in [0.25, 0.3) is 10.9 Å². The zero-order valence-corrected chi connectivity index (χ0v) is 20.5. The summed E-state index contributed by atoms with van der Waals surface area (Å²) in [5, 5.41) is 12.0. The molecule has 2 heterocycles. The Balaban J connectivity index is 1.26. The summed E-state index contributed by atoms with van der Waals surface area (Å²) in [5.41, 5.74) is 4.54. The second-order valence-electron chi connectivity index (χ2n) is 9.88. The van der Waals surface area contributed by atoms with Crippen molar-refractivity contribution in [3.63, 3.8) is 0 Å². The minimum absolute atomic E-state index is 0.135. The standard InChI is InChI=1S/C29H34N2O4/c1-34-23-8-9-27-25(17-23)24(11-13-30-27)28(32)10-7-19-12-14-31(18-26(19)29(33)35-2)22-15-20-5-3-4-6-21(20)16-22/h3-6,8-9,11,13,17,19,22,26,28,32H,7,10,12,14-16,18H2,1-2H3. The highest BCUT2D eigenvalue weighted by molar-refractivity contribution is 5.83. The highest BCUT2D eigenvalue weighted by Gasteiger charge is 2.38. The van der Waals surface area contributed by atoms with Crippen molar-refractivity contribution in [2.45, 2.75) is 44.2 Å². The second kappa shape index (κ2) is 10.3. The smallest absolute Gasteiger partial charge is 0.310 e. The van der Waals surface area contributed by atoms with Gasteiger partial charge in [0.2, 0.25) is 0 Å². The third-order valence-corrected chi connectivity index (χ3v) is 7.99. The number of aliphatic hydroxyl groups excluding tert-OH is 1. The number of rotatable bonds is 7. The molecule has 3 atom stereocenters. The number of benzene rings is 2. The largest absolute Gasteiger partial charge is 0.497 e. The van der Waals surface area contributed by atoms with Crippen LogP contribution in [-0.2, 0) is 22.4 Å². The summed E-state index contributed by atoms with van der Waals surface area (Å²) in [5.74, 6) is 0.633. The maximum atomic E-state index is 12.8. The number of hydrogen-bond acceptors (Lipinski definition) is 6. The van der Waals surface area contributed by atoms with Crippen LogP contribution in [0.5, 0.6) is 5.75 Å². The number of likely N-dealkylation sites (tertiary alicyclic amines) is 1. The van der Waals surface area contributed by atoms with E-state index in [0.29, 0.717) is 12.5 Å². The number of carbonyl (C=O) groups excluding carboxylic acids is 1. The van der Waals surface area contributed by atoms with Crippen molar-refractivity contribution in [3.8, 4) is 5.75 Å². The van der Waals surface area contributed by atoms with Crippen molar-refractivity contribution >= 4 is 16.9 Å². The van der Waals surface area contributed by atoms with Crippen LogP contribution >= 0.6 is 0 Å². The third kappa shape index (κ3) is 4.91. The van der Waals surface area contributed by atoms with Crippen molar-refractivity contribution in [3.05, 3.63) is 71.4 Å². The molecule has 0 spiro atoms. The highest BCUT2D eigenvalue weighted by Crippen LogP contribution is 2.36. The number of nitrogens with zero attached hydrogens (tertiary/aromatic N) is 2. The van der Waals surface area contributed by atoms with Gasteiger partial charge in [0.25, 0.3) is 0 Å². The van der Waals surface area contributed by atoms with Crippen LogP contribution in [0.4, 0.5) is 0 Å². The zero-order valence-electron chi connectivity index (χ0n) is 20.5. The van der Waals surface area contributed by atoms with Crippen molar-refractivity contribution < 1.29 is 19.4 Å². The van der Waals surface area contributed by atoms with Gasteiger partial charge in [-0.3, -0.25) is 14.7 Å². The fourth-order valence-electron chi connectivity index (χ4n) is 6.01. The second-order valence-corrected chi connectivity index (χ2v) is 9.88. The van der Waals surface area contributed by atoms with Gasteiger partial charge in [0, 0.05) is 24.2 Å². The number of aliphatic hydroxyl groups is 1. The molecule has 5 rings (SSSR count). The van der Waals surface area contributed by atoms with Gasteiger partial charge in [0.1, 0.15) is 5.75 Å². The number of pyridine rings is 1. The normalized spacial score (nSPS) is 21.6. The van der Waals surface area contributed by atoms with E-state index in [-0.39, 0.29) is 17.8 Å². The molecule has 35 heavy (non-hydrogen) atoms. The summed E-state index contributed by atoms with van der Waals surface area (Å²) >= 11 is 0. The molecule has 0 radical (unpaired) electrons. The van der Waals surface area contributed by atoms with Gasteiger partial charge in [-0.25, -0.2) is 0 Å². The lowest BCUT2D eigenvalue weighted by Gasteiger charge is -2.40. The first-order chi connectivity index (χ1) is 17.1. The summed E-state index contributed by atoms with van der Waals surface area (Å²) in [7, 11) is 3.12. The lowest BCUT2D eigenvalue weighted by atomic mass is 9.80. The fraction of sp³-hybridized carbons (Fsp3) is 0.448. The average molecular weight is 475 g/mol. The van der Waals surface area contributed by atoms with E-state index in [2.05, 4.69) is 34.1 Å². The molecule has 0 bridgehead atoms.